The number of aliphatic hydroxyl groups excluding tert-OH is 1. The van der Waals surface area contributed by atoms with Gasteiger partial charge < -0.3 is 20.2 Å². The highest BCUT2D eigenvalue weighted by Crippen LogP contribution is 2.12. The van der Waals surface area contributed by atoms with Crippen molar-refractivity contribution in [3.8, 4) is 0 Å². The van der Waals surface area contributed by atoms with Crippen LogP contribution in [0.15, 0.2) is 0 Å². The Kier molecular flexibility index (Phi) is 4.24. The van der Waals surface area contributed by atoms with Crippen LogP contribution in [-0.2, 0) is 0 Å². The fourth-order valence-corrected chi connectivity index (χ4v) is 1.00. The van der Waals surface area contributed by atoms with E-state index < -0.39 is 0 Å². The van der Waals surface area contributed by atoms with Crippen LogP contribution in [0.4, 0.5) is 17.8 Å². The molecule has 2 N–H and O–H groups in total. The zero-order valence-electron chi connectivity index (χ0n) is 10.1. The summed E-state index contributed by atoms with van der Waals surface area (Å²) < 4.78 is 0. The van der Waals surface area contributed by atoms with E-state index in [-0.39, 0.29) is 6.61 Å². The van der Waals surface area contributed by atoms with Crippen LogP contribution in [0, 0.1) is 0 Å². The molecular weight excluding hydrogens is 208 g/mol. The number of nitrogens with zero attached hydrogens (tertiary/aromatic N) is 5. The molecule has 0 atom stereocenters. The van der Waals surface area contributed by atoms with Crippen molar-refractivity contribution < 1.29 is 5.11 Å². The number of hydrogen-bond acceptors (Lipinski definition) is 7. The molecule has 7 nitrogen and oxygen atoms in total. The maximum atomic E-state index is 8.73. The second-order valence-electron chi connectivity index (χ2n) is 3.70. The molecule has 0 aliphatic carbocycles. The molecule has 0 fully saturated rings. The first-order valence-corrected chi connectivity index (χ1v) is 5.00. The smallest absolute Gasteiger partial charge is 0.231 e. The topological polar surface area (TPSA) is 77.4 Å². The highest BCUT2D eigenvalue weighted by molar-refractivity contribution is 5.43. The van der Waals surface area contributed by atoms with Gasteiger partial charge in [-0.2, -0.15) is 15.0 Å². The molecule has 90 valence electrons. The number of nitrogens with one attached hydrogen (secondary N) is 1. The SMILES string of the molecule is CN(C)c1nc(NCCO)nc(N(C)C)n1. The fourth-order valence-electron chi connectivity index (χ4n) is 1.00. The zero-order chi connectivity index (χ0) is 12.1. The van der Waals surface area contributed by atoms with Gasteiger partial charge in [0.15, 0.2) is 0 Å². The summed E-state index contributed by atoms with van der Waals surface area (Å²) in [6, 6.07) is 0. The average molecular weight is 226 g/mol. The van der Waals surface area contributed by atoms with Gasteiger partial charge in [-0.05, 0) is 0 Å². The highest BCUT2D eigenvalue weighted by Gasteiger charge is 2.08. The van der Waals surface area contributed by atoms with Gasteiger partial charge in [0.05, 0.1) is 6.61 Å². The third-order valence-electron chi connectivity index (χ3n) is 1.81. The van der Waals surface area contributed by atoms with Gasteiger partial charge in [0.25, 0.3) is 0 Å². The van der Waals surface area contributed by atoms with Crippen molar-refractivity contribution >= 4 is 17.8 Å². The molecule has 0 aliphatic rings. The van der Waals surface area contributed by atoms with Crippen molar-refractivity contribution in [1.82, 2.24) is 15.0 Å². The monoisotopic (exact) mass is 226 g/mol. The Balaban J connectivity index is 2.99. The third kappa shape index (κ3) is 3.20. The molecule has 0 aliphatic heterocycles. The van der Waals surface area contributed by atoms with Crippen LogP contribution in [0.3, 0.4) is 0 Å². The minimum absolute atomic E-state index is 0.0419. The molecule has 0 aromatic carbocycles. The van der Waals surface area contributed by atoms with E-state index in [1.165, 1.54) is 0 Å². The molecule has 0 saturated carbocycles. The van der Waals surface area contributed by atoms with E-state index in [1.807, 2.05) is 28.2 Å². The summed E-state index contributed by atoms with van der Waals surface area (Å²) in [5.41, 5.74) is 0. The van der Waals surface area contributed by atoms with Crippen LogP contribution in [-0.4, -0.2) is 61.4 Å². The maximum absolute atomic E-state index is 8.73. The molecule has 1 aromatic rings. The van der Waals surface area contributed by atoms with Crippen molar-refractivity contribution in [2.45, 2.75) is 0 Å². The van der Waals surface area contributed by atoms with Gasteiger partial charge in [-0.1, -0.05) is 0 Å². The molecule has 1 heterocycles. The normalized spacial score (nSPS) is 10.1. The van der Waals surface area contributed by atoms with Crippen LogP contribution >= 0.6 is 0 Å². The second kappa shape index (κ2) is 5.45. The Bertz CT molecular complexity index is 315. The first kappa shape index (κ1) is 12.4. The molecule has 0 radical (unpaired) electrons. The molecule has 0 unspecified atom stereocenters. The third-order valence-corrected chi connectivity index (χ3v) is 1.81. The van der Waals surface area contributed by atoms with E-state index in [1.54, 1.807) is 9.80 Å². The standard InChI is InChI=1S/C9H18N6O/c1-14(2)8-11-7(10-5-6-16)12-9(13-8)15(3)4/h16H,5-6H2,1-4H3,(H,10,11,12,13). The second-order valence-corrected chi connectivity index (χ2v) is 3.70. The predicted molar refractivity (Wildman–Crippen MR) is 64.1 cm³/mol. The van der Waals surface area contributed by atoms with Crippen LogP contribution in [0.25, 0.3) is 0 Å². The molecule has 16 heavy (non-hydrogen) atoms. The molecule has 1 rings (SSSR count). The van der Waals surface area contributed by atoms with Crippen molar-refractivity contribution in [3.63, 3.8) is 0 Å². The largest absolute Gasteiger partial charge is 0.395 e. The van der Waals surface area contributed by atoms with Crippen molar-refractivity contribution in [3.05, 3.63) is 0 Å². The van der Waals surface area contributed by atoms with E-state index in [2.05, 4.69) is 20.3 Å². The van der Waals surface area contributed by atoms with Crippen LogP contribution in [0.1, 0.15) is 0 Å². The summed E-state index contributed by atoms with van der Waals surface area (Å²) in [7, 11) is 7.46. The van der Waals surface area contributed by atoms with Gasteiger partial charge in [0.1, 0.15) is 0 Å². The summed E-state index contributed by atoms with van der Waals surface area (Å²) in [4.78, 5) is 16.3. The van der Waals surface area contributed by atoms with Gasteiger partial charge >= 0.3 is 0 Å². The average Bonchev–Trinajstić information content (AvgIpc) is 2.25. The van der Waals surface area contributed by atoms with Crippen molar-refractivity contribution in [2.75, 3.05) is 56.5 Å². The van der Waals surface area contributed by atoms with Crippen molar-refractivity contribution in [2.24, 2.45) is 0 Å². The first-order valence-electron chi connectivity index (χ1n) is 5.00. The van der Waals surface area contributed by atoms with E-state index in [4.69, 9.17) is 5.11 Å². The summed E-state index contributed by atoms with van der Waals surface area (Å²) in [6.07, 6.45) is 0. The predicted octanol–water partition coefficient (Wildman–Crippen LogP) is -0.592. The number of aliphatic hydroxyl groups is 1. The molecule has 7 heteroatoms. The Labute approximate surface area is 95.1 Å². The molecule has 0 saturated heterocycles. The maximum Gasteiger partial charge on any atom is 0.231 e. The highest BCUT2D eigenvalue weighted by atomic mass is 16.3. The van der Waals surface area contributed by atoms with Gasteiger partial charge in [0, 0.05) is 34.7 Å². The lowest BCUT2D eigenvalue weighted by molar-refractivity contribution is 0.311. The van der Waals surface area contributed by atoms with Gasteiger partial charge in [-0.15, -0.1) is 0 Å². The van der Waals surface area contributed by atoms with Gasteiger partial charge in [0.2, 0.25) is 17.8 Å². The first-order chi connectivity index (χ1) is 7.54. The van der Waals surface area contributed by atoms with E-state index in [0.717, 1.165) is 0 Å². The zero-order valence-corrected chi connectivity index (χ0v) is 10.1. The summed E-state index contributed by atoms with van der Waals surface area (Å²) in [5, 5.41) is 11.6. The summed E-state index contributed by atoms with van der Waals surface area (Å²) >= 11 is 0. The van der Waals surface area contributed by atoms with E-state index in [0.29, 0.717) is 24.4 Å². The molecular formula is C9H18N6O. The quantitative estimate of drug-likeness (QED) is 0.694. The number of hydrogen-bond donors (Lipinski definition) is 2. The van der Waals surface area contributed by atoms with E-state index in [9.17, 15) is 0 Å². The number of aromatic nitrogens is 3. The Morgan fingerprint density at radius 1 is 1.00 bits per heavy atom. The Hall–Kier alpha value is -1.63. The van der Waals surface area contributed by atoms with Crippen LogP contribution < -0.4 is 15.1 Å². The Morgan fingerprint density at radius 3 is 1.88 bits per heavy atom. The van der Waals surface area contributed by atoms with Crippen LogP contribution in [0.5, 0.6) is 0 Å². The molecule has 0 bridgehead atoms. The minimum atomic E-state index is 0.0419. The summed E-state index contributed by atoms with van der Waals surface area (Å²) in [6.45, 7) is 0.462. The lowest BCUT2D eigenvalue weighted by atomic mass is 10.6. The molecule has 0 amide bonds. The van der Waals surface area contributed by atoms with Crippen molar-refractivity contribution in [1.29, 1.82) is 0 Å². The lowest BCUT2D eigenvalue weighted by Gasteiger charge is -2.16. The number of rotatable bonds is 5. The molecule has 1 aromatic heterocycles. The van der Waals surface area contributed by atoms with Gasteiger partial charge in [-0.25, -0.2) is 0 Å². The van der Waals surface area contributed by atoms with Crippen LogP contribution in [0.2, 0.25) is 0 Å². The van der Waals surface area contributed by atoms with Gasteiger partial charge in [-0.3, -0.25) is 0 Å². The Morgan fingerprint density at radius 2 is 1.50 bits per heavy atom. The number of anilines is 3. The summed E-state index contributed by atoms with van der Waals surface area (Å²) in [5.74, 6) is 1.63. The fraction of sp³-hybridized carbons (Fsp3) is 0.667. The lowest BCUT2D eigenvalue weighted by Crippen LogP contribution is -2.20. The van der Waals surface area contributed by atoms with E-state index >= 15 is 0 Å². The minimum Gasteiger partial charge on any atom is -0.395 e. The molecule has 0 spiro atoms.